The average molecular weight is 255 g/mol. The van der Waals surface area contributed by atoms with E-state index < -0.39 is 0 Å². The van der Waals surface area contributed by atoms with Gasteiger partial charge in [0, 0.05) is 26.0 Å². The SMILES string of the molecule is Clc1ccc(CNCCCOCC2CC2)cn1. The first-order valence-corrected chi connectivity index (χ1v) is 6.61. The Morgan fingerprint density at radius 3 is 3.00 bits per heavy atom. The van der Waals surface area contributed by atoms with Crippen molar-refractivity contribution in [2.45, 2.75) is 25.8 Å². The van der Waals surface area contributed by atoms with Crippen molar-refractivity contribution in [3.63, 3.8) is 0 Å². The largest absolute Gasteiger partial charge is 0.381 e. The van der Waals surface area contributed by atoms with Gasteiger partial charge in [0.15, 0.2) is 0 Å². The van der Waals surface area contributed by atoms with Crippen molar-refractivity contribution < 1.29 is 4.74 Å². The molecule has 1 aromatic rings. The summed E-state index contributed by atoms with van der Waals surface area (Å²) in [6.45, 7) is 3.64. The van der Waals surface area contributed by atoms with E-state index in [0.717, 1.165) is 44.2 Å². The second-order valence-corrected chi connectivity index (χ2v) is 4.93. The minimum absolute atomic E-state index is 0.544. The molecule has 0 unspecified atom stereocenters. The van der Waals surface area contributed by atoms with Crippen molar-refractivity contribution in [3.05, 3.63) is 29.0 Å². The molecule has 1 saturated carbocycles. The topological polar surface area (TPSA) is 34.1 Å². The van der Waals surface area contributed by atoms with Crippen LogP contribution in [-0.2, 0) is 11.3 Å². The lowest BCUT2D eigenvalue weighted by Gasteiger charge is -2.05. The van der Waals surface area contributed by atoms with Gasteiger partial charge in [0.25, 0.3) is 0 Å². The third-order valence-electron chi connectivity index (χ3n) is 2.81. The third-order valence-corrected chi connectivity index (χ3v) is 3.03. The van der Waals surface area contributed by atoms with Crippen LogP contribution in [0, 0.1) is 5.92 Å². The lowest BCUT2D eigenvalue weighted by atomic mass is 10.3. The highest BCUT2D eigenvalue weighted by molar-refractivity contribution is 6.29. The molecule has 1 aliphatic rings. The Bertz CT molecular complexity index is 325. The smallest absolute Gasteiger partial charge is 0.129 e. The number of hydrogen-bond donors (Lipinski definition) is 1. The fourth-order valence-electron chi connectivity index (χ4n) is 1.58. The van der Waals surface area contributed by atoms with E-state index in [2.05, 4.69) is 10.3 Å². The maximum Gasteiger partial charge on any atom is 0.129 e. The van der Waals surface area contributed by atoms with Crippen molar-refractivity contribution in [3.8, 4) is 0 Å². The van der Waals surface area contributed by atoms with Crippen LogP contribution in [0.25, 0.3) is 0 Å². The van der Waals surface area contributed by atoms with Crippen LogP contribution in [0.15, 0.2) is 18.3 Å². The molecule has 4 heteroatoms. The van der Waals surface area contributed by atoms with Gasteiger partial charge in [0.2, 0.25) is 0 Å². The summed E-state index contributed by atoms with van der Waals surface area (Å²) in [4.78, 5) is 4.03. The van der Waals surface area contributed by atoms with Crippen LogP contribution in [0.3, 0.4) is 0 Å². The standard InChI is InChI=1S/C13H19ClN2O/c14-13-5-4-12(9-16-13)8-15-6-1-7-17-10-11-2-3-11/h4-5,9,11,15H,1-3,6-8,10H2. The van der Waals surface area contributed by atoms with Crippen LogP contribution < -0.4 is 5.32 Å². The van der Waals surface area contributed by atoms with Crippen molar-refractivity contribution in [2.24, 2.45) is 5.92 Å². The Labute approximate surface area is 108 Å². The van der Waals surface area contributed by atoms with Gasteiger partial charge in [-0.15, -0.1) is 0 Å². The second kappa shape index (κ2) is 6.94. The van der Waals surface area contributed by atoms with Crippen LogP contribution in [0.2, 0.25) is 5.15 Å². The van der Waals surface area contributed by atoms with E-state index in [4.69, 9.17) is 16.3 Å². The Kier molecular flexibility index (Phi) is 5.23. The van der Waals surface area contributed by atoms with E-state index in [0.29, 0.717) is 5.15 Å². The first-order chi connectivity index (χ1) is 8.34. The van der Waals surface area contributed by atoms with Crippen molar-refractivity contribution in [1.82, 2.24) is 10.3 Å². The van der Waals surface area contributed by atoms with Crippen LogP contribution in [0.4, 0.5) is 0 Å². The molecule has 1 heterocycles. The molecule has 94 valence electrons. The predicted octanol–water partition coefficient (Wildman–Crippen LogP) is 2.64. The first kappa shape index (κ1) is 12.8. The van der Waals surface area contributed by atoms with E-state index >= 15 is 0 Å². The maximum atomic E-state index is 5.71. The van der Waals surface area contributed by atoms with Crippen molar-refractivity contribution in [2.75, 3.05) is 19.8 Å². The molecule has 0 spiro atoms. The van der Waals surface area contributed by atoms with Gasteiger partial charge < -0.3 is 10.1 Å². The zero-order valence-corrected chi connectivity index (χ0v) is 10.7. The van der Waals surface area contributed by atoms with Crippen LogP contribution in [0.5, 0.6) is 0 Å². The fraction of sp³-hybridized carbons (Fsp3) is 0.615. The summed E-state index contributed by atoms with van der Waals surface area (Å²) >= 11 is 5.71. The number of halogens is 1. The van der Waals surface area contributed by atoms with E-state index in [1.165, 1.54) is 12.8 Å². The quantitative estimate of drug-likeness (QED) is 0.572. The molecule has 3 nitrogen and oxygen atoms in total. The normalized spacial score (nSPS) is 15.1. The molecule has 0 saturated heterocycles. The zero-order chi connectivity index (χ0) is 11.9. The van der Waals surface area contributed by atoms with Gasteiger partial charge in [-0.2, -0.15) is 0 Å². The molecule has 0 radical (unpaired) electrons. The molecule has 0 aliphatic heterocycles. The lowest BCUT2D eigenvalue weighted by molar-refractivity contribution is 0.122. The molecule has 0 amide bonds. The Morgan fingerprint density at radius 2 is 2.29 bits per heavy atom. The number of nitrogens with zero attached hydrogens (tertiary/aromatic N) is 1. The predicted molar refractivity (Wildman–Crippen MR) is 69.1 cm³/mol. The van der Waals surface area contributed by atoms with Crippen molar-refractivity contribution >= 4 is 11.6 Å². The third kappa shape index (κ3) is 5.48. The highest BCUT2D eigenvalue weighted by Crippen LogP contribution is 2.28. The van der Waals surface area contributed by atoms with Crippen LogP contribution in [0.1, 0.15) is 24.8 Å². The molecule has 0 aromatic carbocycles. The molecule has 2 rings (SSSR count). The van der Waals surface area contributed by atoms with E-state index in [9.17, 15) is 0 Å². The maximum absolute atomic E-state index is 5.71. The van der Waals surface area contributed by atoms with Gasteiger partial charge in [0.1, 0.15) is 5.15 Å². The molecule has 1 aliphatic carbocycles. The summed E-state index contributed by atoms with van der Waals surface area (Å²) in [6, 6.07) is 3.81. The summed E-state index contributed by atoms with van der Waals surface area (Å²) in [5.74, 6) is 0.864. The first-order valence-electron chi connectivity index (χ1n) is 6.23. The van der Waals surface area contributed by atoms with Crippen LogP contribution in [-0.4, -0.2) is 24.7 Å². The summed E-state index contributed by atoms with van der Waals surface area (Å²) in [6.07, 6.45) is 5.59. The van der Waals surface area contributed by atoms with Crippen LogP contribution >= 0.6 is 11.6 Å². The number of aromatic nitrogens is 1. The van der Waals surface area contributed by atoms with Gasteiger partial charge in [0.05, 0.1) is 0 Å². The number of rotatable bonds is 8. The highest BCUT2D eigenvalue weighted by Gasteiger charge is 2.20. The number of pyridine rings is 1. The minimum atomic E-state index is 0.544. The molecule has 17 heavy (non-hydrogen) atoms. The average Bonchev–Trinajstić information content (AvgIpc) is 3.14. The van der Waals surface area contributed by atoms with Gasteiger partial charge in [-0.25, -0.2) is 4.98 Å². The van der Waals surface area contributed by atoms with Gasteiger partial charge in [-0.3, -0.25) is 0 Å². The second-order valence-electron chi connectivity index (χ2n) is 4.54. The molecular weight excluding hydrogens is 236 g/mol. The molecular formula is C13H19ClN2O. The summed E-state index contributed by atoms with van der Waals surface area (Å²) < 4.78 is 5.56. The van der Waals surface area contributed by atoms with Gasteiger partial charge in [-0.1, -0.05) is 17.7 Å². The molecule has 1 N–H and O–H groups in total. The zero-order valence-electron chi connectivity index (χ0n) is 9.99. The Hall–Kier alpha value is -0.640. The van der Waals surface area contributed by atoms with E-state index in [1.807, 2.05) is 12.1 Å². The number of nitrogens with one attached hydrogen (secondary N) is 1. The highest BCUT2D eigenvalue weighted by atomic mass is 35.5. The number of hydrogen-bond acceptors (Lipinski definition) is 3. The lowest BCUT2D eigenvalue weighted by Crippen LogP contribution is -2.16. The molecule has 0 bridgehead atoms. The molecule has 1 fully saturated rings. The Balaban J connectivity index is 1.46. The summed E-state index contributed by atoms with van der Waals surface area (Å²) in [5.41, 5.74) is 1.16. The van der Waals surface area contributed by atoms with Gasteiger partial charge >= 0.3 is 0 Å². The summed E-state index contributed by atoms with van der Waals surface area (Å²) in [7, 11) is 0. The monoisotopic (exact) mass is 254 g/mol. The molecule has 0 atom stereocenters. The summed E-state index contributed by atoms with van der Waals surface area (Å²) in [5, 5.41) is 3.91. The van der Waals surface area contributed by atoms with E-state index in [-0.39, 0.29) is 0 Å². The van der Waals surface area contributed by atoms with Crippen molar-refractivity contribution in [1.29, 1.82) is 0 Å². The number of ether oxygens (including phenoxy) is 1. The Morgan fingerprint density at radius 1 is 1.41 bits per heavy atom. The fourth-order valence-corrected chi connectivity index (χ4v) is 1.69. The molecule has 1 aromatic heterocycles. The van der Waals surface area contributed by atoms with Gasteiger partial charge in [-0.05, 0) is 43.4 Å². The minimum Gasteiger partial charge on any atom is -0.381 e. The van der Waals surface area contributed by atoms with E-state index in [1.54, 1.807) is 6.20 Å².